The van der Waals surface area contributed by atoms with Gasteiger partial charge in [-0.1, -0.05) is 6.92 Å². The first-order chi connectivity index (χ1) is 10.7. The molecule has 1 saturated heterocycles. The van der Waals surface area contributed by atoms with Gasteiger partial charge >= 0.3 is 6.03 Å². The van der Waals surface area contributed by atoms with Crippen molar-refractivity contribution in [2.45, 2.75) is 38.4 Å². The molecule has 1 aliphatic heterocycles. The SMILES string of the molecule is COCCn1cc(NC(=O)N[C@@H]2CN(C3CC3)C[C@H]2C)cn1. The summed E-state index contributed by atoms with van der Waals surface area (Å²) in [5.74, 6) is 0.496. The number of amides is 2. The second kappa shape index (κ2) is 6.66. The average molecular weight is 307 g/mol. The zero-order valence-corrected chi connectivity index (χ0v) is 13.3. The minimum atomic E-state index is -0.152. The predicted molar refractivity (Wildman–Crippen MR) is 83.8 cm³/mol. The zero-order valence-electron chi connectivity index (χ0n) is 13.3. The summed E-state index contributed by atoms with van der Waals surface area (Å²) in [6.07, 6.45) is 6.09. The fourth-order valence-electron chi connectivity index (χ4n) is 3.00. The third kappa shape index (κ3) is 3.78. The number of hydrogen-bond donors (Lipinski definition) is 2. The van der Waals surface area contributed by atoms with E-state index >= 15 is 0 Å². The largest absolute Gasteiger partial charge is 0.383 e. The monoisotopic (exact) mass is 307 g/mol. The molecule has 0 bridgehead atoms. The number of aromatic nitrogens is 2. The molecule has 2 amide bonds. The van der Waals surface area contributed by atoms with Crippen LogP contribution in [0.4, 0.5) is 10.5 Å². The number of likely N-dealkylation sites (tertiary alicyclic amines) is 1. The summed E-state index contributed by atoms with van der Waals surface area (Å²) in [7, 11) is 1.66. The first kappa shape index (κ1) is 15.3. The minimum absolute atomic E-state index is 0.152. The molecule has 1 aromatic heterocycles. The van der Waals surface area contributed by atoms with Gasteiger partial charge in [0, 0.05) is 38.5 Å². The van der Waals surface area contributed by atoms with Crippen LogP contribution in [0.25, 0.3) is 0 Å². The Morgan fingerprint density at radius 1 is 1.45 bits per heavy atom. The van der Waals surface area contributed by atoms with Crippen molar-refractivity contribution in [1.82, 2.24) is 20.0 Å². The fourth-order valence-corrected chi connectivity index (χ4v) is 3.00. The number of nitrogens with one attached hydrogen (secondary N) is 2. The summed E-state index contributed by atoms with van der Waals surface area (Å²) in [6.45, 7) is 5.53. The van der Waals surface area contributed by atoms with Crippen molar-refractivity contribution < 1.29 is 9.53 Å². The number of urea groups is 1. The first-order valence-corrected chi connectivity index (χ1v) is 7.98. The molecule has 2 atom stereocenters. The lowest BCUT2D eigenvalue weighted by molar-refractivity contribution is 0.183. The number of anilines is 1. The van der Waals surface area contributed by atoms with Crippen LogP contribution in [-0.2, 0) is 11.3 Å². The standard InChI is InChI=1S/C15H25N5O2/c1-11-8-19(13-3-4-13)10-14(11)18-15(21)17-12-7-16-20(9-12)5-6-22-2/h7,9,11,13-14H,3-6,8,10H2,1-2H3,(H2,17,18,21)/t11-,14-/m1/s1. The number of nitrogens with zero attached hydrogens (tertiary/aromatic N) is 3. The Morgan fingerprint density at radius 2 is 2.27 bits per heavy atom. The predicted octanol–water partition coefficient (Wildman–Crippen LogP) is 1.13. The highest BCUT2D eigenvalue weighted by Gasteiger charge is 2.38. The highest BCUT2D eigenvalue weighted by atomic mass is 16.5. The van der Waals surface area contributed by atoms with Gasteiger partial charge in [0.25, 0.3) is 0 Å². The van der Waals surface area contributed by atoms with Gasteiger partial charge in [-0.3, -0.25) is 9.58 Å². The molecule has 0 unspecified atom stereocenters. The summed E-state index contributed by atoms with van der Waals surface area (Å²) < 4.78 is 6.76. The molecule has 2 fully saturated rings. The topological polar surface area (TPSA) is 71.4 Å². The highest BCUT2D eigenvalue weighted by Crippen LogP contribution is 2.31. The van der Waals surface area contributed by atoms with Crippen molar-refractivity contribution in [3.8, 4) is 0 Å². The number of ether oxygens (including phenoxy) is 1. The Morgan fingerprint density at radius 3 is 3.00 bits per heavy atom. The van der Waals surface area contributed by atoms with Crippen LogP contribution >= 0.6 is 0 Å². The van der Waals surface area contributed by atoms with Crippen molar-refractivity contribution in [3.05, 3.63) is 12.4 Å². The molecule has 1 aromatic rings. The van der Waals surface area contributed by atoms with Gasteiger partial charge in [-0.2, -0.15) is 5.10 Å². The molecule has 2 heterocycles. The van der Waals surface area contributed by atoms with E-state index in [0.717, 1.165) is 19.1 Å². The molecule has 22 heavy (non-hydrogen) atoms. The third-order valence-electron chi connectivity index (χ3n) is 4.44. The van der Waals surface area contributed by atoms with Crippen molar-refractivity contribution >= 4 is 11.7 Å². The normalized spacial score (nSPS) is 25.4. The van der Waals surface area contributed by atoms with Crippen molar-refractivity contribution in [2.24, 2.45) is 5.92 Å². The van der Waals surface area contributed by atoms with Crippen LogP contribution in [0, 0.1) is 5.92 Å². The maximum atomic E-state index is 12.1. The summed E-state index contributed by atoms with van der Waals surface area (Å²) in [6, 6.07) is 0.834. The Labute approximate surface area is 131 Å². The van der Waals surface area contributed by atoms with Crippen LogP contribution in [0.1, 0.15) is 19.8 Å². The van der Waals surface area contributed by atoms with Crippen LogP contribution in [-0.4, -0.2) is 59.6 Å². The molecular formula is C15H25N5O2. The third-order valence-corrected chi connectivity index (χ3v) is 4.44. The van der Waals surface area contributed by atoms with Crippen molar-refractivity contribution in [2.75, 3.05) is 32.1 Å². The van der Waals surface area contributed by atoms with Gasteiger partial charge in [-0.25, -0.2) is 4.79 Å². The van der Waals surface area contributed by atoms with E-state index in [4.69, 9.17) is 4.74 Å². The second-order valence-corrected chi connectivity index (χ2v) is 6.35. The molecule has 7 nitrogen and oxygen atoms in total. The van der Waals surface area contributed by atoms with Crippen LogP contribution in [0.2, 0.25) is 0 Å². The smallest absolute Gasteiger partial charge is 0.319 e. The molecule has 0 aromatic carbocycles. The number of carbonyl (C=O) groups is 1. The van der Waals surface area contributed by atoms with Gasteiger partial charge in [-0.05, 0) is 18.8 Å². The van der Waals surface area contributed by atoms with Gasteiger partial charge in [0.05, 0.1) is 25.0 Å². The molecule has 0 spiro atoms. The summed E-state index contributed by atoms with van der Waals surface area (Å²) in [5, 5.41) is 10.1. The summed E-state index contributed by atoms with van der Waals surface area (Å²) in [5.41, 5.74) is 0.707. The van der Waals surface area contributed by atoms with Crippen LogP contribution < -0.4 is 10.6 Å². The van der Waals surface area contributed by atoms with E-state index in [2.05, 4.69) is 27.6 Å². The molecule has 2 N–H and O–H groups in total. The van der Waals surface area contributed by atoms with Gasteiger partial charge in [-0.15, -0.1) is 0 Å². The molecule has 7 heteroatoms. The average Bonchev–Trinajstić information content (AvgIpc) is 3.15. The molecule has 122 valence electrons. The second-order valence-electron chi connectivity index (χ2n) is 6.35. The van der Waals surface area contributed by atoms with Crippen LogP contribution in [0.15, 0.2) is 12.4 Å². The highest BCUT2D eigenvalue weighted by molar-refractivity contribution is 5.89. The van der Waals surface area contributed by atoms with E-state index in [-0.39, 0.29) is 12.1 Å². The summed E-state index contributed by atoms with van der Waals surface area (Å²) in [4.78, 5) is 14.6. The molecule has 2 aliphatic rings. The lowest BCUT2D eigenvalue weighted by Crippen LogP contribution is -2.42. The maximum absolute atomic E-state index is 12.1. The number of carbonyl (C=O) groups excluding carboxylic acids is 1. The Kier molecular flexibility index (Phi) is 4.63. The molecule has 1 saturated carbocycles. The van der Waals surface area contributed by atoms with Gasteiger partial charge in [0.15, 0.2) is 0 Å². The van der Waals surface area contributed by atoms with Gasteiger partial charge in [0.1, 0.15) is 0 Å². The van der Waals surface area contributed by atoms with Crippen LogP contribution in [0.5, 0.6) is 0 Å². The Bertz CT molecular complexity index is 514. The lowest BCUT2D eigenvalue weighted by Gasteiger charge is -2.17. The van der Waals surface area contributed by atoms with E-state index in [1.54, 1.807) is 18.0 Å². The number of rotatable bonds is 6. The van der Waals surface area contributed by atoms with Crippen molar-refractivity contribution in [1.29, 1.82) is 0 Å². The summed E-state index contributed by atoms with van der Waals surface area (Å²) >= 11 is 0. The molecule has 3 rings (SSSR count). The van der Waals surface area contributed by atoms with Gasteiger partial charge in [0.2, 0.25) is 0 Å². The fraction of sp³-hybridized carbons (Fsp3) is 0.733. The Balaban J connectivity index is 1.46. The number of hydrogen-bond acceptors (Lipinski definition) is 4. The quantitative estimate of drug-likeness (QED) is 0.826. The van der Waals surface area contributed by atoms with Gasteiger partial charge < -0.3 is 15.4 Å². The molecule has 0 radical (unpaired) electrons. The first-order valence-electron chi connectivity index (χ1n) is 7.98. The van der Waals surface area contributed by atoms with E-state index < -0.39 is 0 Å². The number of methoxy groups -OCH3 is 1. The molecular weight excluding hydrogens is 282 g/mol. The lowest BCUT2D eigenvalue weighted by atomic mass is 10.1. The maximum Gasteiger partial charge on any atom is 0.319 e. The van der Waals surface area contributed by atoms with Crippen molar-refractivity contribution in [3.63, 3.8) is 0 Å². The van der Waals surface area contributed by atoms with E-state index in [0.29, 0.717) is 24.8 Å². The molecule has 1 aliphatic carbocycles. The minimum Gasteiger partial charge on any atom is -0.383 e. The van der Waals surface area contributed by atoms with E-state index in [1.165, 1.54) is 12.8 Å². The Hall–Kier alpha value is -1.60. The van der Waals surface area contributed by atoms with Crippen LogP contribution in [0.3, 0.4) is 0 Å². The van der Waals surface area contributed by atoms with E-state index in [9.17, 15) is 4.79 Å². The van der Waals surface area contributed by atoms with E-state index in [1.807, 2.05) is 6.20 Å². The zero-order chi connectivity index (χ0) is 15.5.